The Morgan fingerprint density at radius 1 is 1.17 bits per heavy atom. The maximum atomic E-state index is 13.7. The van der Waals surface area contributed by atoms with E-state index in [0.29, 0.717) is 25.9 Å². The molecule has 2 N–H and O–H groups in total. The van der Waals surface area contributed by atoms with Gasteiger partial charge in [-0.15, -0.1) is 0 Å². The van der Waals surface area contributed by atoms with Gasteiger partial charge in [-0.05, 0) is 61.8 Å². The highest BCUT2D eigenvalue weighted by Gasteiger charge is 2.41. The molecule has 0 amide bonds. The third kappa shape index (κ3) is 3.72. The van der Waals surface area contributed by atoms with Crippen LogP contribution in [-0.4, -0.2) is 37.1 Å². The first-order chi connectivity index (χ1) is 10.9. The first-order valence-corrected chi connectivity index (χ1v) is 9.56. The van der Waals surface area contributed by atoms with Crippen molar-refractivity contribution in [1.29, 1.82) is 0 Å². The second-order valence-electron chi connectivity index (χ2n) is 6.58. The standard InChI is InChI=1S/C16H22F2N2O2S/c17-13-1-4-15(18)12(9-13)10-16(19)11-5-7-20(8-6-11)23(21,22)14-2-3-14/h1,4,9,11,14,16H,2-3,5-8,10,19H2/t16-/m1/s1. The number of nitrogens with zero attached hydrogens (tertiary/aromatic N) is 1. The van der Waals surface area contributed by atoms with Crippen molar-refractivity contribution in [2.45, 2.75) is 43.4 Å². The molecule has 2 aliphatic rings. The summed E-state index contributed by atoms with van der Waals surface area (Å²) in [7, 11) is -3.13. The third-order valence-electron chi connectivity index (χ3n) is 4.87. The van der Waals surface area contributed by atoms with Crippen molar-refractivity contribution in [2.75, 3.05) is 13.1 Å². The number of hydrogen-bond donors (Lipinski definition) is 1. The molecule has 1 heterocycles. The Hall–Kier alpha value is -1.05. The molecule has 23 heavy (non-hydrogen) atoms. The van der Waals surface area contributed by atoms with Gasteiger partial charge in [-0.3, -0.25) is 0 Å². The van der Waals surface area contributed by atoms with Crippen LogP contribution in [0.2, 0.25) is 0 Å². The van der Waals surface area contributed by atoms with Crippen LogP contribution in [0.1, 0.15) is 31.2 Å². The van der Waals surface area contributed by atoms with Gasteiger partial charge in [0.05, 0.1) is 5.25 Å². The molecule has 1 aliphatic heterocycles. The quantitative estimate of drug-likeness (QED) is 0.889. The summed E-state index contributed by atoms with van der Waals surface area (Å²) in [4.78, 5) is 0. The fourth-order valence-electron chi connectivity index (χ4n) is 3.26. The van der Waals surface area contributed by atoms with Crippen LogP contribution in [0.5, 0.6) is 0 Å². The molecule has 128 valence electrons. The van der Waals surface area contributed by atoms with E-state index in [1.807, 2.05) is 0 Å². The summed E-state index contributed by atoms with van der Waals surface area (Å²) in [6.45, 7) is 0.950. The van der Waals surface area contributed by atoms with E-state index in [9.17, 15) is 17.2 Å². The zero-order valence-corrected chi connectivity index (χ0v) is 13.7. The lowest BCUT2D eigenvalue weighted by atomic mass is 9.87. The Labute approximate surface area is 135 Å². The molecule has 2 fully saturated rings. The van der Waals surface area contributed by atoms with Crippen molar-refractivity contribution < 1.29 is 17.2 Å². The largest absolute Gasteiger partial charge is 0.327 e. The third-order valence-corrected chi connectivity index (χ3v) is 7.27. The molecule has 1 saturated heterocycles. The number of hydrogen-bond acceptors (Lipinski definition) is 3. The lowest BCUT2D eigenvalue weighted by Gasteiger charge is -2.34. The second kappa shape index (κ2) is 6.45. The minimum absolute atomic E-state index is 0.128. The Kier molecular flexibility index (Phi) is 4.71. The average Bonchev–Trinajstić information content (AvgIpc) is 3.36. The predicted molar refractivity (Wildman–Crippen MR) is 84.3 cm³/mol. The van der Waals surface area contributed by atoms with Crippen LogP contribution in [0.15, 0.2) is 18.2 Å². The highest BCUT2D eigenvalue weighted by Crippen LogP contribution is 2.33. The summed E-state index contributed by atoms with van der Waals surface area (Å²) in [5.74, 6) is -0.794. The van der Waals surface area contributed by atoms with E-state index < -0.39 is 21.7 Å². The molecule has 0 unspecified atom stereocenters. The Bertz CT molecular complexity index is 669. The SMILES string of the molecule is N[C@H](Cc1cc(F)ccc1F)C1CCN(S(=O)(=O)C2CC2)CC1. The zero-order chi connectivity index (χ0) is 16.6. The molecule has 0 spiro atoms. The van der Waals surface area contributed by atoms with Crippen LogP contribution in [0.4, 0.5) is 8.78 Å². The minimum atomic E-state index is -3.13. The van der Waals surface area contributed by atoms with Gasteiger partial charge in [-0.2, -0.15) is 0 Å². The van der Waals surface area contributed by atoms with E-state index in [0.717, 1.165) is 25.0 Å². The van der Waals surface area contributed by atoms with E-state index in [-0.39, 0.29) is 29.2 Å². The van der Waals surface area contributed by atoms with Crippen LogP contribution in [0, 0.1) is 17.6 Å². The van der Waals surface area contributed by atoms with Gasteiger partial charge in [-0.1, -0.05) is 0 Å². The van der Waals surface area contributed by atoms with Crippen LogP contribution < -0.4 is 5.73 Å². The average molecular weight is 344 g/mol. The van der Waals surface area contributed by atoms with Crippen molar-refractivity contribution >= 4 is 10.0 Å². The van der Waals surface area contributed by atoms with E-state index in [4.69, 9.17) is 5.73 Å². The molecule has 1 aromatic rings. The van der Waals surface area contributed by atoms with Crippen molar-refractivity contribution in [1.82, 2.24) is 4.31 Å². The molecule has 3 rings (SSSR count). The highest BCUT2D eigenvalue weighted by atomic mass is 32.2. The van der Waals surface area contributed by atoms with E-state index in [1.54, 1.807) is 4.31 Å². The molecule has 1 atom stereocenters. The molecule has 1 aliphatic carbocycles. The summed E-state index contributed by atoms with van der Waals surface area (Å²) in [6.07, 6.45) is 3.14. The first kappa shape index (κ1) is 16.8. The number of halogens is 2. The van der Waals surface area contributed by atoms with Gasteiger partial charge >= 0.3 is 0 Å². The molecule has 1 saturated carbocycles. The highest BCUT2D eigenvalue weighted by molar-refractivity contribution is 7.90. The van der Waals surface area contributed by atoms with E-state index in [2.05, 4.69) is 0 Å². The molecule has 0 bridgehead atoms. The molecule has 4 nitrogen and oxygen atoms in total. The lowest BCUT2D eigenvalue weighted by molar-refractivity contribution is 0.242. The van der Waals surface area contributed by atoms with Crippen molar-refractivity contribution in [3.63, 3.8) is 0 Å². The monoisotopic (exact) mass is 344 g/mol. The predicted octanol–water partition coefficient (Wildman–Crippen LogP) is 2.04. The number of piperidine rings is 1. The van der Waals surface area contributed by atoms with E-state index in [1.165, 1.54) is 6.07 Å². The molecule has 1 aromatic carbocycles. The summed E-state index contributed by atoms with van der Waals surface area (Å²) in [5.41, 5.74) is 6.45. The van der Waals surface area contributed by atoms with Gasteiger partial charge in [0.25, 0.3) is 0 Å². The van der Waals surface area contributed by atoms with Gasteiger partial charge in [-0.25, -0.2) is 21.5 Å². The van der Waals surface area contributed by atoms with Gasteiger partial charge in [0.1, 0.15) is 11.6 Å². The van der Waals surface area contributed by atoms with Crippen LogP contribution in [0.3, 0.4) is 0 Å². The fraction of sp³-hybridized carbons (Fsp3) is 0.625. The molecule has 0 radical (unpaired) electrons. The Morgan fingerprint density at radius 3 is 2.43 bits per heavy atom. The van der Waals surface area contributed by atoms with E-state index >= 15 is 0 Å². The second-order valence-corrected chi connectivity index (χ2v) is 8.80. The number of sulfonamides is 1. The number of rotatable bonds is 5. The fourth-order valence-corrected chi connectivity index (χ4v) is 5.13. The van der Waals surface area contributed by atoms with Gasteiger partial charge in [0.2, 0.25) is 10.0 Å². The Morgan fingerprint density at radius 2 is 1.83 bits per heavy atom. The molecular formula is C16H22F2N2O2S. The summed E-state index contributed by atoms with van der Waals surface area (Å²) >= 11 is 0. The first-order valence-electron chi connectivity index (χ1n) is 8.06. The topological polar surface area (TPSA) is 63.4 Å². The summed E-state index contributed by atoms with van der Waals surface area (Å²) in [6, 6.07) is 3.09. The van der Waals surface area contributed by atoms with Crippen molar-refractivity contribution in [3.8, 4) is 0 Å². The minimum Gasteiger partial charge on any atom is -0.327 e. The number of nitrogens with two attached hydrogens (primary N) is 1. The maximum Gasteiger partial charge on any atom is 0.216 e. The number of benzene rings is 1. The maximum absolute atomic E-state index is 13.7. The summed E-state index contributed by atoms with van der Waals surface area (Å²) in [5, 5.41) is -0.186. The van der Waals surface area contributed by atoms with Crippen LogP contribution in [0.25, 0.3) is 0 Å². The molecule has 0 aromatic heterocycles. The molecular weight excluding hydrogens is 322 g/mol. The Balaban J connectivity index is 1.58. The lowest BCUT2D eigenvalue weighted by Crippen LogP contribution is -2.45. The molecule has 7 heteroatoms. The zero-order valence-electron chi connectivity index (χ0n) is 12.9. The van der Waals surface area contributed by atoms with Crippen LogP contribution >= 0.6 is 0 Å². The van der Waals surface area contributed by atoms with Crippen molar-refractivity contribution in [2.24, 2.45) is 11.7 Å². The summed E-state index contributed by atoms with van der Waals surface area (Å²) < 4.78 is 52.9. The van der Waals surface area contributed by atoms with Gasteiger partial charge in [0, 0.05) is 19.1 Å². The van der Waals surface area contributed by atoms with Crippen LogP contribution in [-0.2, 0) is 16.4 Å². The van der Waals surface area contributed by atoms with Crippen molar-refractivity contribution in [3.05, 3.63) is 35.4 Å². The van der Waals surface area contributed by atoms with Gasteiger partial charge in [0.15, 0.2) is 0 Å². The normalized spacial score (nSPS) is 22.2. The smallest absolute Gasteiger partial charge is 0.216 e. The van der Waals surface area contributed by atoms with Gasteiger partial charge < -0.3 is 5.73 Å².